The van der Waals surface area contributed by atoms with Crippen LogP contribution in [0.1, 0.15) is 11.1 Å². The van der Waals surface area contributed by atoms with E-state index in [0.29, 0.717) is 18.1 Å². The van der Waals surface area contributed by atoms with Crippen LogP contribution in [-0.2, 0) is 6.61 Å². The van der Waals surface area contributed by atoms with Gasteiger partial charge in [-0.25, -0.2) is 0 Å². The summed E-state index contributed by atoms with van der Waals surface area (Å²) in [5, 5.41) is 11.7. The maximum Gasteiger partial charge on any atom is 0.175 e. The number of phenols is 1. The molecular weight excluding hydrogens is 442 g/mol. The maximum atomic E-state index is 9.38. The summed E-state index contributed by atoms with van der Waals surface area (Å²) in [6.07, 6.45) is 1.74. The van der Waals surface area contributed by atoms with Crippen LogP contribution >= 0.6 is 15.9 Å². The summed E-state index contributed by atoms with van der Waals surface area (Å²) in [4.78, 5) is 4.44. The highest BCUT2D eigenvalue weighted by molar-refractivity contribution is 9.10. The first-order valence-electron chi connectivity index (χ1n) is 9.44. The highest BCUT2D eigenvalue weighted by Crippen LogP contribution is 2.37. The average molecular weight is 462 g/mol. The highest BCUT2D eigenvalue weighted by atomic mass is 79.9. The molecule has 0 spiro atoms. The van der Waals surface area contributed by atoms with E-state index in [1.165, 1.54) is 10.8 Å². The second kappa shape index (κ2) is 9.01. The topological polar surface area (TPSA) is 51.0 Å². The van der Waals surface area contributed by atoms with E-state index in [4.69, 9.17) is 9.47 Å². The summed E-state index contributed by atoms with van der Waals surface area (Å²) in [5.41, 5.74) is 2.73. The van der Waals surface area contributed by atoms with E-state index in [1.807, 2.05) is 30.3 Å². The van der Waals surface area contributed by atoms with Crippen molar-refractivity contribution in [2.45, 2.75) is 6.61 Å². The molecule has 0 atom stereocenters. The van der Waals surface area contributed by atoms with Crippen LogP contribution in [0.2, 0.25) is 0 Å². The lowest BCUT2D eigenvalue weighted by Crippen LogP contribution is -2.00. The Kier molecular flexibility index (Phi) is 6.00. The molecule has 0 saturated carbocycles. The molecule has 0 radical (unpaired) electrons. The first kappa shape index (κ1) is 20.0. The molecule has 4 aromatic carbocycles. The molecule has 0 aliphatic heterocycles. The summed E-state index contributed by atoms with van der Waals surface area (Å²) in [6, 6.07) is 25.0. The fourth-order valence-corrected chi connectivity index (χ4v) is 3.78. The van der Waals surface area contributed by atoms with Crippen LogP contribution in [0.3, 0.4) is 0 Å². The van der Waals surface area contributed by atoms with E-state index in [9.17, 15) is 5.11 Å². The monoisotopic (exact) mass is 461 g/mol. The summed E-state index contributed by atoms with van der Waals surface area (Å²) in [6.45, 7) is 0.428. The van der Waals surface area contributed by atoms with Gasteiger partial charge in [-0.05, 0) is 74.2 Å². The molecule has 150 valence electrons. The van der Waals surface area contributed by atoms with Gasteiger partial charge in [0.2, 0.25) is 0 Å². The largest absolute Gasteiger partial charge is 0.508 e. The van der Waals surface area contributed by atoms with Gasteiger partial charge in [-0.2, -0.15) is 0 Å². The van der Waals surface area contributed by atoms with Gasteiger partial charge in [-0.3, -0.25) is 4.99 Å². The first-order chi connectivity index (χ1) is 14.6. The minimum absolute atomic E-state index is 0.214. The number of aromatic hydroxyl groups is 1. The summed E-state index contributed by atoms with van der Waals surface area (Å²) >= 11 is 3.60. The number of ether oxygens (including phenoxy) is 2. The normalized spacial score (nSPS) is 11.1. The molecule has 0 saturated heterocycles. The Morgan fingerprint density at radius 2 is 1.73 bits per heavy atom. The molecule has 4 rings (SSSR count). The van der Waals surface area contributed by atoms with Crippen LogP contribution < -0.4 is 9.47 Å². The summed E-state index contributed by atoms with van der Waals surface area (Å²) in [7, 11) is 1.62. The van der Waals surface area contributed by atoms with E-state index in [2.05, 4.69) is 45.2 Å². The highest BCUT2D eigenvalue weighted by Gasteiger charge is 2.12. The third kappa shape index (κ3) is 4.47. The minimum Gasteiger partial charge on any atom is -0.508 e. The molecule has 5 heteroatoms. The number of hydrogen-bond donors (Lipinski definition) is 1. The lowest BCUT2D eigenvalue weighted by molar-refractivity contribution is 0.283. The molecule has 0 heterocycles. The van der Waals surface area contributed by atoms with E-state index < -0.39 is 0 Å². The molecule has 4 nitrogen and oxygen atoms in total. The van der Waals surface area contributed by atoms with E-state index in [-0.39, 0.29) is 5.75 Å². The molecule has 0 aromatic heterocycles. The zero-order valence-electron chi connectivity index (χ0n) is 16.4. The average Bonchev–Trinajstić information content (AvgIpc) is 2.77. The molecule has 0 aliphatic rings. The van der Waals surface area contributed by atoms with Gasteiger partial charge in [0.05, 0.1) is 17.3 Å². The summed E-state index contributed by atoms with van der Waals surface area (Å²) < 4.78 is 12.5. The van der Waals surface area contributed by atoms with Gasteiger partial charge in [0.15, 0.2) is 11.5 Å². The van der Waals surface area contributed by atoms with Crippen LogP contribution in [0.25, 0.3) is 10.8 Å². The van der Waals surface area contributed by atoms with Crippen LogP contribution in [-0.4, -0.2) is 18.4 Å². The van der Waals surface area contributed by atoms with Crippen LogP contribution in [0.15, 0.2) is 88.3 Å². The van der Waals surface area contributed by atoms with Gasteiger partial charge in [0.1, 0.15) is 12.4 Å². The van der Waals surface area contributed by atoms with Gasteiger partial charge in [0, 0.05) is 6.21 Å². The molecule has 0 unspecified atom stereocenters. The number of hydrogen-bond acceptors (Lipinski definition) is 4. The molecule has 0 aliphatic carbocycles. The van der Waals surface area contributed by atoms with Crippen molar-refractivity contribution in [3.8, 4) is 17.2 Å². The fourth-order valence-electron chi connectivity index (χ4n) is 3.21. The molecule has 0 fully saturated rings. The molecule has 30 heavy (non-hydrogen) atoms. The molecule has 0 bridgehead atoms. The van der Waals surface area contributed by atoms with E-state index >= 15 is 0 Å². The molecule has 1 N–H and O–H groups in total. The van der Waals surface area contributed by atoms with Gasteiger partial charge < -0.3 is 14.6 Å². The fraction of sp³-hybridized carbons (Fsp3) is 0.0800. The standard InChI is InChI=1S/C25H20BrNO3/c1-29-24-14-17(15-27-20-9-11-21(28)12-10-20)13-23(26)25(24)30-16-19-7-4-6-18-5-2-3-8-22(18)19/h2-15,28H,16H2,1H3. The second-order valence-corrected chi connectivity index (χ2v) is 7.59. The number of benzene rings is 4. The van der Waals surface area contributed by atoms with Crippen molar-refractivity contribution in [3.05, 3.63) is 94.5 Å². The van der Waals surface area contributed by atoms with E-state index in [0.717, 1.165) is 21.3 Å². The first-order valence-corrected chi connectivity index (χ1v) is 10.2. The number of halogens is 1. The number of methoxy groups -OCH3 is 1. The quantitative estimate of drug-likeness (QED) is 0.327. The van der Waals surface area contributed by atoms with Gasteiger partial charge >= 0.3 is 0 Å². The van der Waals surface area contributed by atoms with Gasteiger partial charge in [-0.15, -0.1) is 0 Å². The number of fused-ring (bicyclic) bond motifs is 1. The number of aliphatic imine (C=N–C) groups is 1. The number of nitrogens with zero attached hydrogens (tertiary/aromatic N) is 1. The Bertz CT molecular complexity index is 1200. The second-order valence-electron chi connectivity index (χ2n) is 6.74. The van der Waals surface area contributed by atoms with Crippen molar-refractivity contribution >= 4 is 38.6 Å². The molecular formula is C25H20BrNO3. The molecule has 0 amide bonds. The van der Waals surface area contributed by atoms with Crippen molar-refractivity contribution < 1.29 is 14.6 Å². The van der Waals surface area contributed by atoms with Crippen molar-refractivity contribution in [1.82, 2.24) is 0 Å². The van der Waals surface area contributed by atoms with Crippen molar-refractivity contribution in [2.24, 2.45) is 4.99 Å². The van der Waals surface area contributed by atoms with Crippen LogP contribution in [0.4, 0.5) is 5.69 Å². The predicted molar refractivity (Wildman–Crippen MR) is 124 cm³/mol. The lowest BCUT2D eigenvalue weighted by Gasteiger charge is -2.14. The third-order valence-corrected chi connectivity index (χ3v) is 5.31. The zero-order chi connectivity index (χ0) is 20.9. The van der Waals surface area contributed by atoms with Gasteiger partial charge in [0.25, 0.3) is 0 Å². The Morgan fingerprint density at radius 1 is 0.967 bits per heavy atom. The number of phenolic OH excluding ortho intramolecular Hbond substituents is 1. The number of rotatable bonds is 6. The predicted octanol–water partition coefficient (Wildman–Crippen LogP) is 6.65. The summed E-state index contributed by atoms with van der Waals surface area (Å²) in [5.74, 6) is 1.48. The van der Waals surface area contributed by atoms with Gasteiger partial charge in [-0.1, -0.05) is 42.5 Å². The Morgan fingerprint density at radius 3 is 2.53 bits per heavy atom. The maximum absolute atomic E-state index is 9.38. The smallest absolute Gasteiger partial charge is 0.175 e. The van der Waals surface area contributed by atoms with Crippen LogP contribution in [0, 0.1) is 0 Å². The SMILES string of the molecule is COc1cc(C=Nc2ccc(O)cc2)cc(Br)c1OCc1cccc2ccccc12. The lowest BCUT2D eigenvalue weighted by atomic mass is 10.1. The molecule has 4 aromatic rings. The minimum atomic E-state index is 0.214. The van der Waals surface area contributed by atoms with Crippen molar-refractivity contribution in [3.63, 3.8) is 0 Å². The third-order valence-electron chi connectivity index (χ3n) is 4.72. The van der Waals surface area contributed by atoms with Crippen molar-refractivity contribution in [1.29, 1.82) is 0 Å². The van der Waals surface area contributed by atoms with Crippen molar-refractivity contribution in [2.75, 3.05) is 7.11 Å². The zero-order valence-corrected chi connectivity index (χ0v) is 18.0. The van der Waals surface area contributed by atoms with Crippen LogP contribution in [0.5, 0.6) is 17.2 Å². The Hall–Kier alpha value is -3.31. The van der Waals surface area contributed by atoms with E-state index in [1.54, 1.807) is 37.6 Å². The Balaban J connectivity index is 1.57. The Labute approximate surface area is 183 Å².